The van der Waals surface area contributed by atoms with E-state index in [2.05, 4.69) is 151 Å². The fourth-order valence-electron chi connectivity index (χ4n) is 14.0. The number of rotatable bonds is 11. The van der Waals surface area contributed by atoms with E-state index in [0.717, 1.165) is 35.5 Å². The SMILES string of the molecule is CCCCCCNC12CCC(c3ccc(-c4ccc(-c5ccc(C6(C)C=C7C8CC(C)(c9ccc(Br)cc9)C=C9C(C6)C6C7C8C96)cc5)cc4)cc3)(CC1)CC2. The molecule has 0 spiro atoms. The molecular weight excluding hydrogens is 743 g/mol. The lowest BCUT2D eigenvalue weighted by Gasteiger charge is -2.73. The molecule has 1 nitrogen and oxygen atoms in total. The van der Waals surface area contributed by atoms with Crippen molar-refractivity contribution in [2.75, 3.05) is 6.54 Å². The number of benzene rings is 4. The second kappa shape index (κ2) is 13.2. The highest BCUT2D eigenvalue weighted by atomic mass is 79.9. The van der Waals surface area contributed by atoms with Gasteiger partial charge in [0.25, 0.3) is 0 Å². The Labute approximate surface area is 345 Å². The van der Waals surface area contributed by atoms with E-state index in [1.165, 1.54) is 121 Å². The highest BCUT2D eigenvalue weighted by molar-refractivity contribution is 9.10. The summed E-state index contributed by atoms with van der Waals surface area (Å²) in [6.07, 6.45) is 21.5. The van der Waals surface area contributed by atoms with Gasteiger partial charge in [-0.15, -0.1) is 0 Å². The Bertz CT molecular complexity index is 2170. The summed E-state index contributed by atoms with van der Waals surface area (Å²) < 4.78 is 1.17. The number of nitrogens with one attached hydrogen (secondary N) is 1. The molecule has 0 aromatic heterocycles. The summed E-state index contributed by atoms with van der Waals surface area (Å²) in [4.78, 5) is 0. The Balaban J connectivity index is 0.770. The molecule has 0 amide bonds. The van der Waals surface area contributed by atoms with Crippen molar-refractivity contribution in [2.45, 2.75) is 120 Å². The van der Waals surface area contributed by atoms with Crippen LogP contribution in [0.15, 0.2) is 125 Å². The lowest BCUT2D eigenvalue weighted by atomic mass is 9.31. The van der Waals surface area contributed by atoms with Crippen LogP contribution in [-0.4, -0.2) is 12.1 Å². The van der Waals surface area contributed by atoms with E-state index in [9.17, 15) is 0 Å². The summed E-state index contributed by atoms with van der Waals surface area (Å²) in [6, 6.07) is 38.0. The van der Waals surface area contributed by atoms with E-state index in [-0.39, 0.29) is 10.8 Å². The standard InChI is InChI=1S/C54H60BrN/c1-4-5-6-7-30-56-54-27-24-53(25-28-54,26-29-54)41-18-14-38(15-19-41)36-10-8-35(9-11-36)37-12-16-39(17-13-37)51(2)31-43-45-33-52(3,40-20-22-42(55)23-21-40)34-46-44(32-51)48-47(43)49(45)50(46)48/h8-23,31,34,44-45,47-50,56H,4-7,24-30,32-33H2,1-3H3. The first-order valence-electron chi connectivity index (χ1n) is 22.5. The third kappa shape index (κ3) is 5.47. The minimum absolute atomic E-state index is 0.0905. The van der Waals surface area contributed by atoms with Crippen LogP contribution in [0.3, 0.4) is 0 Å². The number of hydrogen-bond acceptors (Lipinski definition) is 1. The summed E-state index contributed by atoms with van der Waals surface area (Å²) in [7, 11) is 0. The molecule has 2 heteroatoms. The van der Waals surface area contributed by atoms with Crippen molar-refractivity contribution in [3.05, 3.63) is 142 Å². The molecule has 0 heterocycles. The molecule has 0 saturated heterocycles. The number of unbranched alkanes of at least 4 members (excludes halogenated alkanes) is 3. The summed E-state index contributed by atoms with van der Waals surface area (Å²) >= 11 is 3.67. The first-order valence-corrected chi connectivity index (χ1v) is 23.3. The largest absolute Gasteiger partial charge is 0.311 e. The molecule has 8 aliphatic carbocycles. The molecule has 4 aromatic rings. The van der Waals surface area contributed by atoms with Gasteiger partial charge in [0.15, 0.2) is 0 Å². The molecule has 1 N–H and O–H groups in total. The van der Waals surface area contributed by atoms with Gasteiger partial charge in [-0.2, -0.15) is 0 Å². The first kappa shape index (κ1) is 35.9. The zero-order valence-corrected chi connectivity index (χ0v) is 35.5. The molecule has 12 rings (SSSR count). The van der Waals surface area contributed by atoms with E-state index < -0.39 is 0 Å². The molecular formula is C54H60BrN. The van der Waals surface area contributed by atoms with Gasteiger partial charge in [0, 0.05) is 20.8 Å². The maximum Gasteiger partial charge on any atom is 0.0182 e. The van der Waals surface area contributed by atoms with Crippen molar-refractivity contribution < 1.29 is 0 Å². The van der Waals surface area contributed by atoms with Crippen LogP contribution >= 0.6 is 15.9 Å². The normalized spacial score (nSPS) is 36.9. The number of hydrogen-bond donors (Lipinski definition) is 1. The predicted molar refractivity (Wildman–Crippen MR) is 237 cm³/mol. The average molecular weight is 803 g/mol. The minimum atomic E-state index is 0.0905. The molecule has 2 bridgehead atoms. The van der Waals surface area contributed by atoms with E-state index in [4.69, 9.17) is 0 Å². The van der Waals surface area contributed by atoms with Crippen LogP contribution in [0.2, 0.25) is 0 Å². The maximum absolute atomic E-state index is 4.04. The van der Waals surface area contributed by atoms with Crippen molar-refractivity contribution in [3.63, 3.8) is 0 Å². The highest BCUT2D eigenvalue weighted by Crippen LogP contribution is 2.80. The molecule has 8 unspecified atom stereocenters. The van der Waals surface area contributed by atoms with E-state index in [1.807, 2.05) is 11.1 Å². The lowest BCUT2D eigenvalue weighted by Crippen LogP contribution is -2.68. The van der Waals surface area contributed by atoms with Crippen LogP contribution in [0.25, 0.3) is 22.3 Å². The molecule has 0 radical (unpaired) electrons. The van der Waals surface area contributed by atoms with Gasteiger partial charge in [0.05, 0.1) is 0 Å². The quantitative estimate of drug-likeness (QED) is 0.118. The van der Waals surface area contributed by atoms with Gasteiger partial charge in [0.2, 0.25) is 0 Å². The van der Waals surface area contributed by atoms with E-state index in [0.29, 0.717) is 11.0 Å². The number of allylic oxidation sites excluding steroid dienone is 4. The molecule has 4 aromatic carbocycles. The molecule has 0 aliphatic heterocycles. The zero-order chi connectivity index (χ0) is 37.9. The van der Waals surface area contributed by atoms with Crippen molar-refractivity contribution >= 4 is 15.9 Å². The van der Waals surface area contributed by atoms with Gasteiger partial charge < -0.3 is 5.32 Å². The van der Waals surface area contributed by atoms with Crippen LogP contribution in [0.5, 0.6) is 0 Å². The second-order valence-corrected chi connectivity index (χ2v) is 21.2. The Morgan fingerprint density at radius 2 is 0.964 bits per heavy atom. The van der Waals surface area contributed by atoms with Gasteiger partial charge in [0.1, 0.15) is 0 Å². The van der Waals surface area contributed by atoms with Crippen LogP contribution in [-0.2, 0) is 16.2 Å². The maximum atomic E-state index is 4.04. The van der Waals surface area contributed by atoms with Crippen molar-refractivity contribution in [1.82, 2.24) is 5.32 Å². The summed E-state index contributed by atoms with van der Waals surface area (Å²) in [5.41, 5.74) is 14.5. The van der Waals surface area contributed by atoms with Gasteiger partial charge in [-0.1, -0.05) is 164 Å². The first-order chi connectivity index (χ1) is 27.2. The number of halogens is 1. The smallest absolute Gasteiger partial charge is 0.0182 e. The number of fused-ring (bicyclic) bond motifs is 5. The average Bonchev–Trinajstić information content (AvgIpc) is 3.32. The third-order valence-corrected chi connectivity index (χ3v) is 17.9. The van der Waals surface area contributed by atoms with Gasteiger partial charge in [-0.05, 0) is 156 Å². The summed E-state index contributed by atoms with van der Waals surface area (Å²) in [6.45, 7) is 8.58. The van der Waals surface area contributed by atoms with E-state index in [1.54, 1.807) is 5.56 Å². The Morgan fingerprint density at radius 3 is 1.43 bits per heavy atom. The molecule has 8 atom stereocenters. The Hall–Kier alpha value is -3.20. The highest BCUT2D eigenvalue weighted by Gasteiger charge is 2.74. The Morgan fingerprint density at radius 1 is 0.536 bits per heavy atom. The second-order valence-electron chi connectivity index (χ2n) is 20.2. The third-order valence-electron chi connectivity index (χ3n) is 17.3. The fraction of sp³-hybridized carbons (Fsp3) is 0.481. The van der Waals surface area contributed by atoms with Crippen LogP contribution in [0.1, 0.15) is 115 Å². The van der Waals surface area contributed by atoms with Gasteiger partial charge >= 0.3 is 0 Å². The summed E-state index contributed by atoms with van der Waals surface area (Å²) in [5.74, 6) is 4.99. The molecule has 6 saturated carbocycles. The van der Waals surface area contributed by atoms with Crippen LogP contribution in [0.4, 0.5) is 0 Å². The van der Waals surface area contributed by atoms with Crippen LogP contribution in [0, 0.1) is 35.5 Å². The predicted octanol–water partition coefficient (Wildman–Crippen LogP) is 13.9. The fourth-order valence-corrected chi connectivity index (χ4v) is 14.3. The lowest BCUT2D eigenvalue weighted by molar-refractivity contribution is -0.148. The monoisotopic (exact) mass is 801 g/mol. The van der Waals surface area contributed by atoms with Gasteiger partial charge in [-0.25, -0.2) is 0 Å². The molecule has 8 aliphatic rings. The summed E-state index contributed by atoms with van der Waals surface area (Å²) in [5, 5.41) is 4.04. The van der Waals surface area contributed by atoms with Crippen molar-refractivity contribution in [1.29, 1.82) is 0 Å². The van der Waals surface area contributed by atoms with Gasteiger partial charge in [-0.3, -0.25) is 0 Å². The van der Waals surface area contributed by atoms with Crippen LogP contribution < -0.4 is 5.32 Å². The minimum Gasteiger partial charge on any atom is -0.311 e. The zero-order valence-electron chi connectivity index (χ0n) is 33.9. The Kier molecular flexibility index (Phi) is 8.44. The van der Waals surface area contributed by atoms with Crippen molar-refractivity contribution in [3.8, 4) is 22.3 Å². The molecule has 288 valence electrons. The topological polar surface area (TPSA) is 12.0 Å². The van der Waals surface area contributed by atoms with E-state index >= 15 is 0 Å². The van der Waals surface area contributed by atoms with Crippen molar-refractivity contribution in [2.24, 2.45) is 35.5 Å². The molecule has 56 heavy (non-hydrogen) atoms. The molecule has 6 fully saturated rings.